The minimum absolute atomic E-state index is 0.0437. The van der Waals surface area contributed by atoms with E-state index >= 15 is 0 Å². The normalized spacial score (nSPS) is 19.8. The molecule has 2 atom stereocenters. The smallest absolute Gasteiger partial charge is 0.343 e. The number of imide groups is 1. The van der Waals surface area contributed by atoms with Crippen molar-refractivity contribution in [2.24, 2.45) is 11.8 Å². The lowest BCUT2D eigenvalue weighted by Crippen LogP contribution is -2.52. The van der Waals surface area contributed by atoms with Gasteiger partial charge in [-0.3, -0.25) is 19.2 Å². The third kappa shape index (κ3) is 5.16. The van der Waals surface area contributed by atoms with Crippen LogP contribution in [-0.2, 0) is 9.59 Å². The zero-order valence-corrected chi connectivity index (χ0v) is 28.5. The Morgan fingerprint density at radius 3 is 1.66 bits per heavy atom. The molecule has 10 heteroatoms. The molecular formula is C40H26BrClN2O6. The number of hydrogen-bond donors (Lipinski definition) is 0. The van der Waals surface area contributed by atoms with E-state index in [1.165, 1.54) is 36.4 Å². The Kier molecular flexibility index (Phi) is 7.96. The van der Waals surface area contributed by atoms with E-state index in [0.717, 1.165) is 36.7 Å². The second-order valence-electron chi connectivity index (χ2n) is 12.4. The number of hydrogen-bond acceptors (Lipinski definition) is 6. The van der Waals surface area contributed by atoms with Gasteiger partial charge in [-0.1, -0.05) is 88.2 Å². The van der Waals surface area contributed by atoms with E-state index in [0.29, 0.717) is 5.56 Å². The number of rotatable bonds is 7. The Morgan fingerprint density at radius 1 is 0.660 bits per heavy atom. The number of hydrazine groups is 1. The maximum atomic E-state index is 14.5. The summed E-state index contributed by atoms with van der Waals surface area (Å²) in [7, 11) is 0. The zero-order valence-electron chi connectivity index (χ0n) is 26.2. The Labute approximate surface area is 300 Å². The van der Waals surface area contributed by atoms with Crippen molar-refractivity contribution in [3.05, 3.63) is 170 Å². The van der Waals surface area contributed by atoms with Gasteiger partial charge in [0.05, 0.1) is 28.0 Å². The maximum Gasteiger partial charge on any atom is 0.343 e. The molecule has 8 nitrogen and oxygen atoms in total. The number of esters is 1. The molecule has 5 aromatic rings. The molecule has 0 N–H and O–H groups in total. The summed E-state index contributed by atoms with van der Waals surface area (Å²) in [6.07, 6.45) is 0. The minimum Gasteiger partial charge on any atom is -0.423 e. The summed E-state index contributed by atoms with van der Waals surface area (Å²) >= 11 is 9.78. The monoisotopic (exact) mass is 744 g/mol. The van der Waals surface area contributed by atoms with E-state index in [4.69, 9.17) is 16.3 Å². The second-order valence-corrected chi connectivity index (χ2v) is 13.8. The molecule has 1 aliphatic heterocycles. The van der Waals surface area contributed by atoms with Crippen LogP contribution in [0.1, 0.15) is 65.2 Å². The number of benzene rings is 5. The average Bonchev–Trinajstić information content (AvgIpc) is 3.40. The van der Waals surface area contributed by atoms with Gasteiger partial charge in [-0.2, -0.15) is 5.01 Å². The van der Waals surface area contributed by atoms with Crippen LogP contribution in [0.25, 0.3) is 0 Å². The van der Waals surface area contributed by atoms with Gasteiger partial charge in [0.25, 0.3) is 17.7 Å². The van der Waals surface area contributed by atoms with Crippen molar-refractivity contribution < 1.29 is 28.7 Å². The van der Waals surface area contributed by atoms with Crippen molar-refractivity contribution >= 4 is 57.0 Å². The third-order valence-corrected chi connectivity index (χ3v) is 10.6. The molecule has 1 heterocycles. The molecule has 3 amide bonds. The molecule has 246 valence electrons. The van der Waals surface area contributed by atoms with Gasteiger partial charge in [0.1, 0.15) is 12.3 Å². The fraction of sp³-hybridized carbons (Fsp3) is 0.125. The van der Waals surface area contributed by atoms with Gasteiger partial charge >= 0.3 is 5.97 Å². The Bertz CT molecular complexity index is 2120. The molecule has 0 unspecified atom stereocenters. The SMILES string of the molecule is O=C(CN(C(=O)c1ccccc1Cl)N1C(=O)[C@@H]2C3c4ccccc4C(c4ccccc43)[C@@H]2C1=O)c1ccc(OC(=O)c2ccc(Br)cc2)cc1. The lowest BCUT2D eigenvalue weighted by atomic mass is 9.55. The van der Waals surface area contributed by atoms with Gasteiger partial charge in [-0.05, 0) is 82.9 Å². The van der Waals surface area contributed by atoms with Crippen LogP contribution in [0.3, 0.4) is 0 Å². The van der Waals surface area contributed by atoms with Crippen LogP contribution in [0.2, 0.25) is 5.02 Å². The lowest BCUT2D eigenvalue weighted by molar-refractivity contribution is -0.154. The standard InChI is InChI=1S/C40H26BrClN2O6/c41-24-17-13-23(14-18-24)40(49)50-25-19-15-22(16-20-25)32(45)21-43(37(46)30-11-5-6-12-31(30)42)44-38(47)35-33-26-7-1-2-8-27(26)34(36(35)39(44)48)29-10-4-3-9-28(29)33/h1-20,33-36H,21H2/t33?,34?,35-,36+. The first-order valence-electron chi connectivity index (χ1n) is 16.0. The first kappa shape index (κ1) is 31.9. The molecule has 0 saturated carbocycles. The highest BCUT2D eigenvalue weighted by Gasteiger charge is 2.63. The van der Waals surface area contributed by atoms with E-state index < -0.39 is 47.9 Å². The van der Waals surface area contributed by atoms with Gasteiger partial charge in [0.15, 0.2) is 5.78 Å². The topological polar surface area (TPSA) is 101 Å². The van der Waals surface area contributed by atoms with Crippen LogP contribution in [0, 0.1) is 11.8 Å². The predicted octanol–water partition coefficient (Wildman–Crippen LogP) is 7.45. The molecule has 9 rings (SSSR count). The molecule has 0 radical (unpaired) electrons. The summed E-state index contributed by atoms with van der Waals surface area (Å²) in [4.78, 5) is 69.8. The third-order valence-electron chi connectivity index (χ3n) is 9.77. The maximum absolute atomic E-state index is 14.5. The summed E-state index contributed by atoms with van der Waals surface area (Å²) in [5, 5.41) is 1.93. The minimum atomic E-state index is -0.758. The van der Waals surface area contributed by atoms with E-state index in [1.54, 1.807) is 36.4 Å². The number of Topliss-reactive ketones (excluding diaryl/α,β-unsaturated/α-hetero) is 1. The Morgan fingerprint density at radius 2 is 1.14 bits per heavy atom. The number of nitrogens with zero attached hydrogens (tertiary/aromatic N) is 2. The van der Waals surface area contributed by atoms with E-state index in [9.17, 15) is 24.0 Å². The zero-order chi connectivity index (χ0) is 34.7. The van der Waals surface area contributed by atoms with Crippen LogP contribution < -0.4 is 4.74 Å². The van der Waals surface area contributed by atoms with Crippen LogP contribution in [0.5, 0.6) is 5.75 Å². The molecule has 0 aromatic heterocycles. The van der Waals surface area contributed by atoms with Crippen molar-refractivity contribution in [2.45, 2.75) is 11.8 Å². The fourth-order valence-corrected chi connectivity index (χ4v) is 8.08. The largest absolute Gasteiger partial charge is 0.423 e. The number of halogens is 2. The predicted molar refractivity (Wildman–Crippen MR) is 188 cm³/mol. The number of carbonyl (C=O) groups excluding carboxylic acids is 5. The summed E-state index contributed by atoms with van der Waals surface area (Å²) in [6, 6.07) is 34.5. The summed E-state index contributed by atoms with van der Waals surface area (Å²) in [5.74, 6) is -5.03. The summed E-state index contributed by atoms with van der Waals surface area (Å²) in [5.41, 5.74) is 4.52. The van der Waals surface area contributed by atoms with Crippen molar-refractivity contribution in [3.8, 4) is 5.75 Å². The summed E-state index contributed by atoms with van der Waals surface area (Å²) < 4.78 is 6.28. The van der Waals surface area contributed by atoms with E-state index in [2.05, 4.69) is 15.9 Å². The van der Waals surface area contributed by atoms with Crippen LogP contribution >= 0.6 is 27.5 Å². The first-order valence-corrected chi connectivity index (χ1v) is 17.1. The fourth-order valence-electron chi connectivity index (χ4n) is 7.59. The molecule has 1 saturated heterocycles. The van der Waals surface area contributed by atoms with Gasteiger partial charge in [-0.25, -0.2) is 9.80 Å². The number of amides is 3. The molecule has 3 aliphatic carbocycles. The van der Waals surface area contributed by atoms with Gasteiger partial charge < -0.3 is 4.74 Å². The van der Waals surface area contributed by atoms with Crippen molar-refractivity contribution in [1.82, 2.24) is 10.0 Å². The number of carbonyl (C=O) groups is 5. The van der Waals surface area contributed by atoms with Gasteiger partial charge in [0, 0.05) is 21.9 Å². The molecule has 5 aromatic carbocycles. The van der Waals surface area contributed by atoms with E-state index in [-0.39, 0.29) is 33.7 Å². The molecule has 4 aliphatic rings. The highest BCUT2D eigenvalue weighted by atomic mass is 79.9. The lowest BCUT2D eigenvalue weighted by Gasteiger charge is -2.45. The van der Waals surface area contributed by atoms with E-state index in [1.807, 2.05) is 48.5 Å². The molecule has 2 bridgehead atoms. The van der Waals surface area contributed by atoms with Gasteiger partial charge in [-0.15, -0.1) is 0 Å². The van der Waals surface area contributed by atoms with Crippen molar-refractivity contribution in [1.29, 1.82) is 0 Å². The summed E-state index contributed by atoms with van der Waals surface area (Å²) in [6.45, 7) is -0.617. The number of ether oxygens (including phenoxy) is 1. The van der Waals surface area contributed by atoms with Crippen molar-refractivity contribution in [3.63, 3.8) is 0 Å². The van der Waals surface area contributed by atoms with Crippen LogP contribution in [0.15, 0.2) is 126 Å². The quantitative estimate of drug-likeness (QED) is 0.0743. The van der Waals surface area contributed by atoms with Crippen LogP contribution in [-0.4, -0.2) is 46.0 Å². The molecule has 50 heavy (non-hydrogen) atoms. The molecule has 1 fully saturated rings. The molecule has 0 spiro atoms. The molecular weight excluding hydrogens is 720 g/mol. The Hall–Kier alpha value is -5.38. The highest BCUT2D eigenvalue weighted by Crippen LogP contribution is 2.61. The first-order chi connectivity index (χ1) is 24.2. The van der Waals surface area contributed by atoms with Crippen molar-refractivity contribution in [2.75, 3.05) is 6.54 Å². The van der Waals surface area contributed by atoms with Crippen LogP contribution in [0.4, 0.5) is 0 Å². The average molecular weight is 746 g/mol. The second kappa shape index (κ2) is 12.5. The Balaban J connectivity index is 1.12. The highest BCUT2D eigenvalue weighted by molar-refractivity contribution is 9.10. The number of ketones is 1. The van der Waals surface area contributed by atoms with Gasteiger partial charge in [0.2, 0.25) is 0 Å².